The molecule has 4 rings (SSSR count). The average molecular weight is 379 g/mol. The smallest absolute Gasteiger partial charge is 0.266 e. The lowest BCUT2D eigenvalue weighted by atomic mass is 10.1. The maximum Gasteiger partial charge on any atom is 0.266 e. The number of benzene rings is 2. The Kier molecular flexibility index (Phi) is 4.80. The zero-order valence-electron chi connectivity index (χ0n) is 14.2. The second-order valence-electron chi connectivity index (χ2n) is 5.92. The third-order valence-corrected chi connectivity index (χ3v) is 4.26. The lowest BCUT2D eigenvalue weighted by Gasteiger charge is -2.05. The van der Waals surface area contributed by atoms with E-state index >= 15 is 0 Å². The molecule has 134 valence electrons. The normalized spacial score (nSPS) is 10.9. The summed E-state index contributed by atoms with van der Waals surface area (Å²) < 4.78 is 6.70. The third-order valence-electron chi connectivity index (χ3n) is 4.02. The average Bonchev–Trinajstić information content (AvgIpc) is 3.17. The van der Waals surface area contributed by atoms with E-state index in [0.717, 1.165) is 16.8 Å². The highest BCUT2D eigenvalue weighted by Crippen LogP contribution is 2.20. The summed E-state index contributed by atoms with van der Waals surface area (Å²) in [6.07, 6.45) is 0.402. The molecule has 0 aliphatic heterocycles. The van der Waals surface area contributed by atoms with E-state index in [4.69, 9.17) is 16.1 Å². The molecule has 0 unspecified atom stereocenters. The lowest BCUT2D eigenvalue weighted by molar-refractivity contribution is 0.368. The molecule has 0 saturated heterocycles. The number of halogens is 1. The van der Waals surface area contributed by atoms with Crippen LogP contribution in [-0.4, -0.2) is 19.9 Å². The van der Waals surface area contributed by atoms with Crippen LogP contribution in [0.15, 0.2) is 76.0 Å². The molecule has 0 saturated carbocycles. The molecule has 7 heteroatoms. The molecule has 0 amide bonds. The van der Waals surface area contributed by atoms with Gasteiger partial charge in [0.25, 0.3) is 5.56 Å². The van der Waals surface area contributed by atoms with Crippen LogP contribution in [0.2, 0.25) is 5.02 Å². The van der Waals surface area contributed by atoms with Crippen LogP contribution in [0.1, 0.15) is 5.89 Å². The topological polar surface area (TPSA) is 73.8 Å². The standard InChI is InChI=1S/C20H15ClN4O2/c21-16-8-4-7-15(13-16)20-22-18(27-24-20)11-12-25-19(26)10-9-17(23-25)14-5-2-1-3-6-14/h1-10,13H,11-12H2. The first-order valence-corrected chi connectivity index (χ1v) is 8.79. The molecule has 0 aliphatic carbocycles. The van der Waals surface area contributed by atoms with E-state index in [-0.39, 0.29) is 5.56 Å². The van der Waals surface area contributed by atoms with Gasteiger partial charge in [-0.15, -0.1) is 0 Å². The van der Waals surface area contributed by atoms with E-state index in [2.05, 4.69) is 15.2 Å². The van der Waals surface area contributed by atoms with Gasteiger partial charge in [0.2, 0.25) is 11.7 Å². The monoisotopic (exact) mass is 378 g/mol. The highest BCUT2D eigenvalue weighted by Gasteiger charge is 2.10. The van der Waals surface area contributed by atoms with Crippen molar-refractivity contribution in [3.05, 3.63) is 88.0 Å². The predicted octanol–water partition coefficient (Wildman–Crippen LogP) is 3.86. The molecule has 4 aromatic rings. The van der Waals surface area contributed by atoms with Crippen molar-refractivity contribution in [1.29, 1.82) is 0 Å². The summed E-state index contributed by atoms with van der Waals surface area (Å²) in [5.41, 5.74) is 2.29. The van der Waals surface area contributed by atoms with E-state index in [1.807, 2.05) is 42.5 Å². The number of nitrogens with zero attached hydrogens (tertiary/aromatic N) is 4. The fraction of sp³-hybridized carbons (Fsp3) is 0.100. The Balaban J connectivity index is 1.52. The van der Waals surface area contributed by atoms with Crippen LogP contribution in [0.25, 0.3) is 22.6 Å². The van der Waals surface area contributed by atoms with Crippen LogP contribution in [-0.2, 0) is 13.0 Å². The highest BCUT2D eigenvalue weighted by molar-refractivity contribution is 6.30. The molecule has 0 radical (unpaired) electrons. The Morgan fingerprint density at radius 1 is 0.963 bits per heavy atom. The number of rotatable bonds is 5. The molecule has 0 fully saturated rings. The summed E-state index contributed by atoms with van der Waals surface area (Å²) in [4.78, 5) is 16.5. The first-order valence-electron chi connectivity index (χ1n) is 8.41. The molecule has 2 aromatic heterocycles. The van der Waals surface area contributed by atoms with Gasteiger partial charge in [0, 0.05) is 28.6 Å². The van der Waals surface area contributed by atoms with E-state index in [0.29, 0.717) is 29.7 Å². The molecular formula is C20H15ClN4O2. The maximum atomic E-state index is 12.1. The SMILES string of the molecule is O=c1ccc(-c2ccccc2)nn1CCc1nc(-c2cccc(Cl)c2)no1. The molecule has 0 atom stereocenters. The molecule has 0 aliphatic rings. The van der Waals surface area contributed by atoms with Gasteiger partial charge >= 0.3 is 0 Å². The second kappa shape index (κ2) is 7.55. The first kappa shape index (κ1) is 17.2. The minimum atomic E-state index is -0.177. The van der Waals surface area contributed by atoms with Crippen LogP contribution in [0.3, 0.4) is 0 Å². The third kappa shape index (κ3) is 3.96. The van der Waals surface area contributed by atoms with Crippen molar-refractivity contribution in [1.82, 2.24) is 19.9 Å². The van der Waals surface area contributed by atoms with E-state index < -0.39 is 0 Å². The van der Waals surface area contributed by atoms with Crippen LogP contribution in [0.4, 0.5) is 0 Å². The zero-order chi connectivity index (χ0) is 18.6. The highest BCUT2D eigenvalue weighted by atomic mass is 35.5. The number of hydrogen-bond acceptors (Lipinski definition) is 5. The molecule has 2 aromatic carbocycles. The Labute approximate surface area is 160 Å². The number of aromatic nitrogens is 4. The summed E-state index contributed by atoms with van der Waals surface area (Å²) >= 11 is 5.99. The van der Waals surface area contributed by atoms with Crippen LogP contribution in [0, 0.1) is 0 Å². The molecule has 27 heavy (non-hydrogen) atoms. The minimum Gasteiger partial charge on any atom is -0.339 e. The molecule has 0 spiro atoms. The zero-order valence-corrected chi connectivity index (χ0v) is 15.0. The van der Waals surface area contributed by atoms with Crippen molar-refractivity contribution in [3.63, 3.8) is 0 Å². The van der Waals surface area contributed by atoms with Gasteiger partial charge in [0.05, 0.1) is 12.2 Å². The predicted molar refractivity (Wildman–Crippen MR) is 102 cm³/mol. The fourth-order valence-corrected chi connectivity index (χ4v) is 2.87. The van der Waals surface area contributed by atoms with Crippen molar-refractivity contribution in [2.45, 2.75) is 13.0 Å². The van der Waals surface area contributed by atoms with Gasteiger partial charge in [0.1, 0.15) is 0 Å². The molecule has 0 N–H and O–H groups in total. The molecular weight excluding hydrogens is 364 g/mol. The summed E-state index contributed by atoms with van der Waals surface area (Å²) in [5.74, 6) is 0.898. The lowest BCUT2D eigenvalue weighted by Crippen LogP contribution is -2.23. The van der Waals surface area contributed by atoms with Gasteiger partial charge in [-0.2, -0.15) is 10.1 Å². The molecule has 2 heterocycles. The second-order valence-corrected chi connectivity index (χ2v) is 6.35. The summed E-state index contributed by atoms with van der Waals surface area (Å²) in [6, 6.07) is 20.2. The first-order chi connectivity index (χ1) is 13.2. The van der Waals surface area contributed by atoms with Crippen molar-refractivity contribution < 1.29 is 4.52 Å². The fourth-order valence-electron chi connectivity index (χ4n) is 2.67. The Hall–Kier alpha value is -3.25. The summed E-state index contributed by atoms with van der Waals surface area (Å²) in [5, 5.41) is 9.01. The van der Waals surface area contributed by atoms with Gasteiger partial charge in [-0.1, -0.05) is 59.2 Å². The minimum absolute atomic E-state index is 0.177. The summed E-state index contributed by atoms with van der Waals surface area (Å²) in [6.45, 7) is 0.344. The van der Waals surface area contributed by atoms with Gasteiger partial charge in [0.15, 0.2) is 0 Å². The van der Waals surface area contributed by atoms with Gasteiger partial charge in [-0.05, 0) is 18.2 Å². The summed E-state index contributed by atoms with van der Waals surface area (Å²) in [7, 11) is 0. The van der Waals surface area contributed by atoms with Gasteiger partial charge in [-0.3, -0.25) is 4.79 Å². The molecule has 6 nitrogen and oxygen atoms in total. The number of hydrogen-bond donors (Lipinski definition) is 0. The van der Waals surface area contributed by atoms with E-state index in [1.54, 1.807) is 18.2 Å². The van der Waals surface area contributed by atoms with Gasteiger partial charge in [-0.25, -0.2) is 4.68 Å². The Morgan fingerprint density at radius 2 is 1.78 bits per heavy atom. The van der Waals surface area contributed by atoms with Crippen LogP contribution < -0.4 is 5.56 Å². The van der Waals surface area contributed by atoms with E-state index in [9.17, 15) is 4.79 Å². The molecule has 0 bridgehead atoms. The quantitative estimate of drug-likeness (QED) is 0.527. The van der Waals surface area contributed by atoms with Crippen LogP contribution >= 0.6 is 11.6 Å². The Bertz CT molecular complexity index is 1120. The Morgan fingerprint density at radius 3 is 2.59 bits per heavy atom. The van der Waals surface area contributed by atoms with Crippen molar-refractivity contribution >= 4 is 11.6 Å². The largest absolute Gasteiger partial charge is 0.339 e. The van der Waals surface area contributed by atoms with E-state index in [1.165, 1.54) is 10.7 Å². The maximum absolute atomic E-state index is 12.1. The van der Waals surface area contributed by atoms with Crippen LogP contribution in [0.5, 0.6) is 0 Å². The van der Waals surface area contributed by atoms with Crippen molar-refractivity contribution in [3.8, 4) is 22.6 Å². The van der Waals surface area contributed by atoms with Gasteiger partial charge < -0.3 is 4.52 Å². The van der Waals surface area contributed by atoms with Crippen molar-refractivity contribution in [2.24, 2.45) is 0 Å². The van der Waals surface area contributed by atoms with Crippen molar-refractivity contribution in [2.75, 3.05) is 0 Å². The number of aryl methyl sites for hydroxylation is 2.